The van der Waals surface area contributed by atoms with E-state index in [0.717, 1.165) is 60.8 Å². The number of carbonyl (C=O) groups excluding carboxylic acids is 2. The van der Waals surface area contributed by atoms with Gasteiger partial charge >= 0.3 is 0 Å². The average molecular weight is 1030 g/mol. The highest BCUT2D eigenvalue weighted by Gasteiger charge is 2.54. The molecule has 10 atom stereocenters. The smallest absolute Gasteiger partial charge is 0.229 e. The Morgan fingerprint density at radius 3 is 1.21 bits per heavy atom. The number of aliphatic hydroxyl groups is 2. The molecule has 10 heteroatoms. The monoisotopic (exact) mass is 1030 g/mol. The van der Waals surface area contributed by atoms with E-state index in [1.807, 2.05) is 111 Å². The van der Waals surface area contributed by atoms with Crippen molar-refractivity contribution in [1.29, 1.82) is 0 Å². The van der Waals surface area contributed by atoms with Gasteiger partial charge in [-0.1, -0.05) is 135 Å². The van der Waals surface area contributed by atoms with Crippen LogP contribution in [-0.4, -0.2) is 55.1 Å². The molecule has 2 saturated carbocycles. The van der Waals surface area contributed by atoms with Crippen LogP contribution in [0.4, 0.5) is 0 Å². The van der Waals surface area contributed by atoms with Crippen LogP contribution in [-0.2, 0) is 9.59 Å². The summed E-state index contributed by atoms with van der Waals surface area (Å²) in [6.07, 6.45) is 13.2. The third kappa shape index (κ3) is 12.1. The average Bonchev–Trinajstić information content (AvgIpc) is 4.24. The van der Waals surface area contributed by atoms with E-state index in [1.54, 1.807) is 0 Å². The zero-order valence-corrected chi connectivity index (χ0v) is 45.1. The van der Waals surface area contributed by atoms with Crippen LogP contribution >= 0.6 is 46.4 Å². The molecule has 0 radical (unpaired) electrons. The van der Waals surface area contributed by atoms with Gasteiger partial charge in [-0.05, 0) is 174 Å². The number of allylic oxidation sites excluding steroid dienone is 2. The molecule has 4 fully saturated rings. The number of halogens is 4. The summed E-state index contributed by atoms with van der Waals surface area (Å²) < 4.78 is 0. The van der Waals surface area contributed by atoms with E-state index >= 15 is 0 Å². The fourth-order valence-corrected chi connectivity index (χ4v) is 12.8. The van der Waals surface area contributed by atoms with Gasteiger partial charge in [-0.2, -0.15) is 0 Å². The van der Waals surface area contributed by atoms with Crippen LogP contribution in [0.1, 0.15) is 165 Å². The first-order chi connectivity index (χ1) is 33.2. The largest absolute Gasteiger partial charge is 0.390 e. The summed E-state index contributed by atoms with van der Waals surface area (Å²) in [5.41, 5.74) is 1.60. The van der Waals surface area contributed by atoms with Gasteiger partial charge in [0.2, 0.25) is 11.8 Å². The quantitative estimate of drug-likeness (QED) is 0.0973. The lowest BCUT2D eigenvalue weighted by Gasteiger charge is -2.53. The maximum Gasteiger partial charge on any atom is 0.229 e. The van der Waals surface area contributed by atoms with E-state index in [-0.39, 0.29) is 47.8 Å². The molecule has 4 aromatic carbocycles. The highest BCUT2D eigenvalue weighted by atomic mass is 35.5. The number of amides is 2. The molecule has 0 unspecified atom stereocenters. The summed E-state index contributed by atoms with van der Waals surface area (Å²) in [5.74, 6) is 0.973. The van der Waals surface area contributed by atoms with Gasteiger partial charge in [-0.3, -0.25) is 9.59 Å². The van der Waals surface area contributed by atoms with Crippen molar-refractivity contribution < 1.29 is 19.8 Å². The number of likely N-dealkylation sites (tertiary alicyclic amines) is 2. The molecule has 0 bridgehead atoms. The first-order valence-corrected chi connectivity index (χ1v) is 27.0. The second kappa shape index (κ2) is 22.2. The minimum Gasteiger partial charge on any atom is -0.390 e. The highest BCUT2D eigenvalue weighted by molar-refractivity contribution is 6.31. The van der Waals surface area contributed by atoms with Crippen LogP contribution in [0.5, 0.6) is 0 Å². The highest BCUT2D eigenvalue weighted by Crippen LogP contribution is 2.56. The minimum absolute atomic E-state index is 0.0393. The molecule has 4 aromatic rings. The van der Waals surface area contributed by atoms with Crippen molar-refractivity contribution in [2.24, 2.45) is 22.7 Å². The molecule has 0 aromatic heterocycles. The molecular formula is C60H74Cl4N2O4. The zero-order valence-electron chi connectivity index (χ0n) is 42.0. The standard InChI is InChI=1S/2C30H37Cl2NO2/c2*1-5-16-29(3)19-26(21-8-7-9-24(32)17-21)27(20-10-14-23(31)15-11-20)33(28(29)34)25(6-2)18-30(4,35)22-12-13-22/h2*5,7-11,14-15,17,22,25-27,35H,1,6,12-13,16,18-19H2,2-4H3/t25-,26+,27+,29-,30+;25-,26+,27+,29-,30-/m00/s1. The Kier molecular flexibility index (Phi) is 17.2. The van der Waals surface area contributed by atoms with Gasteiger partial charge in [0.1, 0.15) is 0 Å². The molecule has 0 spiro atoms. The predicted octanol–water partition coefficient (Wildman–Crippen LogP) is 15.9. The Labute approximate surface area is 438 Å². The second-order valence-corrected chi connectivity index (χ2v) is 23.8. The lowest BCUT2D eigenvalue weighted by atomic mass is 9.66. The first kappa shape index (κ1) is 54.2. The van der Waals surface area contributed by atoms with E-state index < -0.39 is 22.0 Å². The molecule has 8 rings (SSSR count). The SMILES string of the molecule is C=CC[C@@]1(C)C[C@H](c2cccc(Cl)c2)[C@@H](c2ccc(Cl)cc2)N([C@@H](CC)C[C@@](C)(O)C2CC2)C1=O.C=CC[C@@]1(C)C[C@H](c2cccc(Cl)c2)[C@@H](c2ccc(Cl)cc2)N([C@@H](CC)C[C@](C)(O)C2CC2)C1=O. The maximum atomic E-state index is 14.3. The number of nitrogens with zero attached hydrogens (tertiary/aromatic N) is 2. The molecule has 2 heterocycles. The number of hydrogen-bond acceptors (Lipinski definition) is 4. The van der Waals surface area contributed by atoms with Gasteiger partial charge in [0, 0.05) is 44.0 Å². The molecular weight excluding hydrogens is 954 g/mol. The molecule has 6 nitrogen and oxygen atoms in total. The van der Waals surface area contributed by atoms with Crippen molar-refractivity contribution in [2.75, 3.05) is 0 Å². The third-order valence-electron chi connectivity index (χ3n) is 16.3. The van der Waals surface area contributed by atoms with Crippen molar-refractivity contribution >= 4 is 58.2 Å². The zero-order chi connectivity index (χ0) is 50.8. The molecule has 2 amide bonds. The topological polar surface area (TPSA) is 81.1 Å². The summed E-state index contributed by atoms with van der Waals surface area (Å²) in [4.78, 5) is 32.9. The number of benzene rings is 4. The fourth-order valence-electron chi connectivity index (χ4n) is 12.2. The van der Waals surface area contributed by atoms with Gasteiger partial charge in [0.25, 0.3) is 0 Å². The summed E-state index contributed by atoms with van der Waals surface area (Å²) in [7, 11) is 0. The third-order valence-corrected chi connectivity index (χ3v) is 17.3. The van der Waals surface area contributed by atoms with Crippen molar-refractivity contribution in [3.63, 3.8) is 0 Å². The summed E-state index contributed by atoms with van der Waals surface area (Å²) in [6.45, 7) is 20.2. The van der Waals surface area contributed by atoms with Crippen molar-refractivity contribution in [1.82, 2.24) is 9.80 Å². The van der Waals surface area contributed by atoms with Gasteiger partial charge in [-0.25, -0.2) is 0 Å². The molecule has 70 heavy (non-hydrogen) atoms. The first-order valence-electron chi connectivity index (χ1n) is 25.5. The molecule has 2 aliphatic heterocycles. The van der Waals surface area contributed by atoms with E-state index in [1.165, 1.54) is 0 Å². The lowest BCUT2D eigenvalue weighted by molar-refractivity contribution is -0.157. The van der Waals surface area contributed by atoms with Crippen molar-refractivity contribution in [2.45, 2.75) is 166 Å². The lowest BCUT2D eigenvalue weighted by Crippen LogP contribution is -2.56. The maximum absolute atomic E-state index is 14.3. The molecule has 376 valence electrons. The fraction of sp³-hybridized carbons (Fsp3) is 0.500. The van der Waals surface area contributed by atoms with E-state index in [9.17, 15) is 19.8 Å². The van der Waals surface area contributed by atoms with Gasteiger partial charge < -0.3 is 20.0 Å². The number of carbonyl (C=O) groups is 2. The molecule has 2 N–H and O–H groups in total. The predicted molar refractivity (Wildman–Crippen MR) is 290 cm³/mol. The Morgan fingerprint density at radius 2 is 0.929 bits per heavy atom. The molecule has 4 aliphatic rings. The van der Waals surface area contributed by atoms with Crippen LogP contribution < -0.4 is 0 Å². The number of rotatable bonds is 18. The van der Waals surface area contributed by atoms with Crippen LogP contribution in [0.15, 0.2) is 122 Å². The molecule has 2 aliphatic carbocycles. The number of piperidine rings is 2. The molecule has 2 saturated heterocycles. The van der Waals surface area contributed by atoms with E-state index in [2.05, 4.69) is 62.8 Å². The second-order valence-electron chi connectivity index (χ2n) is 22.1. The van der Waals surface area contributed by atoms with Gasteiger partial charge in [-0.15, -0.1) is 13.2 Å². The van der Waals surface area contributed by atoms with Crippen LogP contribution in [0.25, 0.3) is 0 Å². The van der Waals surface area contributed by atoms with E-state index in [4.69, 9.17) is 46.4 Å². The minimum atomic E-state index is -0.788. The Bertz CT molecular complexity index is 2300. The van der Waals surface area contributed by atoms with Gasteiger partial charge in [0.05, 0.1) is 34.1 Å². The van der Waals surface area contributed by atoms with Crippen molar-refractivity contribution in [3.05, 3.63) is 165 Å². The Balaban J connectivity index is 0.000000206. The van der Waals surface area contributed by atoms with Crippen LogP contribution in [0.3, 0.4) is 0 Å². The van der Waals surface area contributed by atoms with Crippen LogP contribution in [0.2, 0.25) is 20.1 Å². The summed E-state index contributed by atoms with van der Waals surface area (Å²) in [5, 5.41) is 25.4. The normalized spacial score (nSPS) is 27.4. The Morgan fingerprint density at radius 1 is 0.586 bits per heavy atom. The van der Waals surface area contributed by atoms with E-state index in [0.29, 0.717) is 70.5 Å². The van der Waals surface area contributed by atoms with Crippen molar-refractivity contribution in [3.8, 4) is 0 Å². The Hall–Kier alpha value is -3.62. The van der Waals surface area contributed by atoms with Crippen LogP contribution in [0, 0.1) is 22.7 Å². The summed E-state index contributed by atoms with van der Waals surface area (Å²) >= 11 is 25.4. The van der Waals surface area contributed by atoms with Gasteiger partial charge in [0.15, 0.2) is 0 Å². The number of hydrogen-bond donors (Lipinski definition) is 2. The summed E-state index contributed by atoms with van der Waals surface area (Å²) in [6, 6.07) is 31.2.